The summed E-state index contributed by atoms with van der Waals surface area (Å²) < 4.78 is 0. The minimum atomic E-state index is -0.442. The molecule has 2 nitrogen and oxygen atoms in total. The first-order valence-electron chi connectivity index (χ1n) is 7.18. The lowest BCUT2D eigenvalue weighted by molar-refractivity contribution is 0.0908. The Morgan fingerprint density at radius 3 is 2.00 bits per heavy atom. The van der Waals surface area contributed by atoms with Crippen LogP contribution in [0.2, 0.25) is 0 Å². The Bertz CT molecular complexity index is 495. The first kappa shape index (κ1) is 14.8. The van der Waals surface area contributed by atoms with E-state index in [2.05, 4.69) is 43.0 Å². The number of rotatable bonds is 6. The Morgan fingerprint density at radius 2 is 1.45 bits per heavy atom. The third-order valence-electron chi connectivity index (χ3n) is 3.55. The quantitative estimate of drug-likeness (QED) is 0.865. The average molecular weight is 269 g/mol. The van der Waals surface area contributed by atoms with Crippen LogP contribution in [0.5, 0.6) is 0 Å². The summed E-state index contributed by atoms with van der Waals surface area (Å²) in [5.74, 6) is 0. The normalized spacial score (nSPS) is 12.8. The molecule has 2 heteroatoms. The largest absolute Gasteiger partial charge is 0.387 e. The van der Waals surface area contributed by atoms with Crippen LogP contribution < -0.4 is 0 Å². The second-order valence-corrected chi connectivity index (χ2v) is 5.44. The van der Waals surface area contributed by atoms with Crippen molar-refractivity contribution in [2.24, 2.45) is 0 Å². The fraction of sp³-hybridized carbons (Fsp3) is 0.333. The molecule has 2 aromatic rings. The minimum Gasteiger partial charge on any atom is -0.387 e. The molecular weight excluding hydrogens is 246 g/mol. The number of aliphatic hydroxyl groups is 1. The van der Waals surface area contributed by atoms with Gasteiger partial charge < -0.3 is 5.11 Å². The first-order valence-corrected chi connectivity index (χ1v) is 7.18. The van der Waals surface area contributed by atoms with Crippen LogP contribution in [0, 0.1) is 0 Å². The van der Waals surface area contributed by atoms with Gasteiger partial charge in [-0.2, -0.15) is 0 Å². The molecule has 0 aromatic heterocycles. The second kappa shape index (κ2) is 7.22. The summed E-state index contributed by atoms with van der Waals surface area (Å²) in [7, 11) is 0. The van der Waals surface area contributed by atoms with E-state index in [9.17, 15) is 5.11 Å². The van der Waals surface area contributed by atoms with Gasteiger partial charge in [0, 0.05) is 19.1 Å². The molecule has 0 radical (unpaired) electrons. The van der Waals surface area contributed by atoms with E-state index in [4.69, 9.17) is 0 Å². The molecule has 0 aliphatic heterocycles. The van der Waals surface area contributed by atoms with E-state index in [0.29, 0.717) is 12.6 Å². The lowest BCUT2D eigenvalue weighted by Gasteiger charge is -2.29. The van der Waals surface area contributed by atoms with Gasteiger partial charge in [-0.05, 0) is 25.0 Å². The number of benzene rings is 2. The molecule has 2 aromatic carbocycles. The van der Waals surface area contributed by atoms with Gasteiger partial charge in [0.1, 0.15) is 0 Å². The lowest BCUT2D eigenvalue weighted by Crippen LogP contribution is -2.34. The summed E-state index contributed by atoms with van der Waals surface area (Å²) in [5, 5.41) is 10.4. The van der Waals surface area contributed by atoms with Gasteiger partial charge in [0.2, 0.25) is 0 Å². The molecule has 1 N–H and O–H groups in total. The molecule has 2 rings (SSSR count). The van der Waals surface area contributed by atoms with Gasteiger partial charge >= 0.3 is 0 Å². The molecule has 0 fully saturated rings. The van der Waals surface area contributed by atoms with Crippen LogP contribution in [0.4, 0.5) is 0 Å². The van der Waals surface area contributed by atoms with Crippen LogP contribution in [0.1, 0.15) is 31.1 Å². The molecule has 20 heavy (non-hydrogen) atoms. The predicted octanol–water partition coefficient (Wildman–Crippen LogP) is 3.63. The molecule has 0 bridgehead atoms. The van der Waals surface area contributed by atoms with E-state index in [0.717, 1.165) is 12.1 Å². The van der Waals surface area contributed by atoms with Crippen LogP contribution in [0.25, 0.3) is 0 Å². The molecule has 0 spiro atoms. The van der Waals surface area contributed by atoms with E-state index < -0.39 is 6.10 Å². The van der Waals surface area contributed by atoms with Crippen molar-refractivity contribution in [1.82, 2.24) is 4.90 Å². The first-order chi connectivity index (χ1) is 9.66. The fourth-order valence-electron chi connectivity index (χ4n) is 2.28. The smallest absolute Gasteiger partial charge is 0.0917 e. The summed E-state index contributed by atoms with van der Waals surface area (Å²) in [5.41, 5.74) is 2.26. The standard InChI is InChI=1S/C18H23NO/c1-15(2)19(13-16-9-5-3-6-10-16)14-18(20)17-11-7-4-8-12-17/h3-12,15,18,20H,13-14H2,1-2H3. The zero-order chi connectivity index (χ0) is 14.4. The van der Waals surface area contributed by atoms with E-state index >= 15 is 0 Å². The molecule has 1 unspecified atom stereocenters. The maximum Gasteiger partial charge on any atom is 0.0917 e. The SMILES string of the molecule is CC(C)N(Cc1ccccc1)CC(O)c1ccccc1. The zero-order valence-corrected chi connectivity index (χ0v) is 12.2. The number of aliphatic hydroxyl groups excluding tert-OH is 1. The number of nitrogens with zero attached hydrogens (tertiary/aromatic N) is 1. The van der Waals surface area contributed by atoms with E-state index in [-0.39, 0.29) is 0 Å². The molecule has 0 heterocycles. The molecular formula is C18H23NO. The maximum absolute atomic E-state index is 10.4. The summed E-state index contributed by atoms with van der Waals surface area (Å²) in [4.78, 5) is 2.30. The van der Waals surface area contributed by atoms with Crippen LogP contribution >= 0.6 is 0 Å². The second-order valence-electron chi connectivity index (χ2n) is 5.44. The fourth-order valence-corrected chi connectivity index (χ4v) is 2.28. The van der Waals surface area contributed by atoms with Crippen LogP contribution in [-0.4, -0.2) is 22.6 Å². The van der Waals surface area contributed by atoms with Crippen LogP contribution in [0.3, 0.4) is 0 Å². The Hall–Kier alpha value is -1.64. The third kappa shape index (κ3) is 4.19. The van der Waals surface area contributed by atoms with E-state index in [1.807, 2.05) is 36.4 Å². The Morgan fingerprint density at radius 1 is 0.900 bits per heavy atom. The average Bonchev–Trinajstić information content (AvgIpc) is 2.48. The highest BCUT2D eigenvalue weighted by Crippen LogP contribution is 2.17. The van der Waals surface area contributed by atoms with Gasteiger partial charge in [0.15, 0.2) is 0 Å². The molecule has 106 valence electrons. The summed E-state index contributed by atoms with van der Waals surface area (Å²) in [6, 6.07) is 20.7. The van der Waals surface area contributed by atoms with Gasteiger partial charge in [-0.3, -0.25) is 4.90 Å². The van der Waals surface area contributed by atoms with Gasteiger partial charge in [-0.15, -0.1) is 0 Å². The highest BCUT2D eigenvalue weighted by molar-refractivity contribution is 5.18. The van der Waals surface area contributed by atoms with Crippen molar-refractivity contribution < 1.29 is 5.11 Å². The molecule has 0 saturated carbocycles. The van der Waals surface area contributed by atoms with E-state index in [1.165, 1.54) is 5.56 Å². The predicted molar refractivity (Wildman–Crippen MR) is 83.4 cm³/mol. The molecule has 0 aliphatic rings. The lowest BCUT2D eigenvalue weighted by atomic mass is 10.1. The van der Waals surface area contributed by atoms with Crippen LogP contribution in [0.15, 0.2) is 60.7 Å². The molecule has 1 atom stereocenters. The monoisotopic (exact) mass is 269 g/mol. The Labute approximate surface area is 121 Å². The van der Waals surface area contributed by atoms with E-state index in [1.54, 1.807) is 0 Å². The number of hydrogen-bond donors (Lipinski definition) is 1. The van der Waals surface area contributed by atoms with Crippen molar-refractivity contribution in [2.75, 3.05) is 6.54 Å². The van der Waals surface area contributed by atoms with Crippen molar-refractivity contribution >= 4 is 0 Å². The third-order valence-corrected chi connectivity index (χ3v) is 3.55. The van der Waals surface area contributed by atoms with Gasteiger partial charge in [0.25, 0.3) is 0 Å². The Balaban J connectivity index is 2.03. The summed E-state index contributed by atoms with van der Waals surface area (Å²) >= 11 is 0. The Kier molecular flexibility index (Phi) is 5.33. The molecule has 0 saturated heterocycles. The van der Waals surface area contributed by atoms with Gasteiger partial charge in [0.05, 0.1) is 6.10 Å². The van der Waals surface area contributed by atoms with Gasteiger partial charge in [-0.25, -0.2) is 0 Å². The van der Waals surface area contributed by atoms with Crippen molar-refractivity contribution in [3.05, 3.63) is 71.8 Å². The van der Waals surface area contributed by atoms with Gasteiger partial charge in [-0.1, -0.05) is 60.7 Å². The topological polar surface area (TPSA) is 23.5 Å². The van der Waals surface area contributed by atoms with Crippen molar-refractivity contribution in [3.8, 4) is 0 Å². The summed E-state index contributed by atoms with van der Waals surface area (Å²) in [6.07, 6.45) is -0.442. The highest BCUT2D eigenvalue weighted by atomic mass is 16.3. The zero-order valence-electron chi connectivity index (χ0n) is 12.2. The maximum atomic E-state index is 10.4. The van der Waals surface area contributed by atoms with Crippen molar-refractivity contribution in [2.45, 2.75) is 32.5 Å². The van der Waals surface area contributed by atoms with Crippen molar-refractivity contribution in [3.63, 3.8) is 0 Å². The highest BCUT2D eigenvalue weighted by Gasteiger charge is 2.16. The van der Waals surface area contributed by atoms with Crippen LogP contribution in [-0.2, 0) is 6.54 Å². The molecule has 0 amide bonds. The molecule has 0 aliphatic carbocycles. The minimum absolute atomic E-state index is 0.397. The number of hydrogen-bond acceptors (Lipinski definition) is 2. The summed E-state index contributed by atoms with van der Waals surface area (Å²) in [6.45, 7) is 5.85. The van der Waals surface area contributed by atoms with Crippen molar-refractivity contribution in [1.29, 1.82) is 0 Å².